The van der Waals surface area contributed by atoms with Crippen molar-refractivity contribution in [3.63, 3.8) is 0 Å². The van der Waals surface area contributed by atoms with Crippen molar-refractivity contribution in [2.75, 3.05) is 7.11 Å². The third kappa shape index (κ3) is 2.66. The molecule has 0 amide bonds. The molecule has 16 heavy (non-hydrogen) atoms. The predicted octanol–water partition coefficient (Wildman–Crippen LogP) is 2.12. The number of carboxylic acids is 1. The Hall–Kier alpha value is 0.496. The summed E-state index contributed by atoms with van der Waals surface area (Å²) in [4.78, 5) is 14.7. The van der Waals surface area contributed by atoms with Crippen LogP contribution in [0.15, 0.2) is 16.6 Å². The summed E-state index contributed by atoms with van der Waals surface area (Å²) in [5, 5.41) is 8.89. The van der Waals surface area contributed by atoms with Gasteiger partial charge in [-0.2, -0.15) is 0 Å². The zero-order valence-corrected chi connectivity index (χ0v) is 10.1. The quantitative estimate of drug-likeness (QED) is 0.858. The number of methoxy groups -OCH3 is 1. The van der Waals surface area contributed by atoms with Crippen molar-refractivity contribution in [3.05, 3.63) is 21.6 Å². The SMILES string of the molecule is COc1ccc2nc(C(=O)O)sc2c1Br.[KH]. The summed E-state index contributed by atoms with van der Waals surface area (Å²) in [6.07, 6.45) is 0. The second kappa shape index (κ2) is 5.90. The molecule has 1 heterocycles. The van der Waals surface area contributed by atoms with E-state index in [2.05, 4.69) is 20.9 Å². The molecule has 0 radical (unpaired) electrons. The number of benzene rings is 1. The van der Waals surface area contributed by atoms with Gasteiger partial charge in [-0.1, -0.05) is 0 Å². The van der Waals surface area contributed by atoms with Crippen LogP contribution in [-0.4, -0.2) is 74.6 Å². The van der Waals surface area contributed by atoms with E-state index in [1.807, 2.05) is 0 Å². The van der Waals surface area contributed by atoms with Crippen molar-refractivity contribution < 1.29 is 14.6 Å². The first-order valence-corrected chi connectivity index (χ1v) is 5.60. The molecule has 2 aromatic rings. The van der Waals surface area contributed by atoms with Gasteiger partial charge >= 0.3 is 57.4 Å². The number of aromatic carboxylic acids is 1. The molecular weight excluding hydrogens is 321 g/mol. The summed E-state index contributed by atoms with van der Waals surface area (Å²) in [7, 11) is 1.56. The van der Waals surface area contributed by atoms with Crippen molar-refractivity contribution >= 4 is 94.8 Å². The summed E-state index contributed by atoms with van der Waals surface area (Å²) in [5.74, 6) is -0.342. The molecular formula is C9H7BrKNO3S. The van der Waals surface area contributed by atoms with E-state index in [0.717, 1.165) is 20.5 Å². The van der Waals surface area contributed by atoms with E-state index >= 15 is 0 Å². The average molecular weight is 328 g/mol. The molecule has 80 valence electrons. The van der Waals surface area contributed by atoms with Gasteiger partial charge in [0.15, 0.2) is 0 Å². The average Bonchev–Trinajstić information content (AvgIpc) is 2.63. The number of fused-ring (bicyclic) bond motifs is 1. The first-order valence-electron chi connectivity index (χ1n) is 4.00. The number of carbonyl (C=O) groups is 1. The summed E-state index contributed by atoms with van der Waals surface area (Å²) in [6, 6.07) is 3.49. The van der Waals surface area contributed by atoms with Crippen LogP contribution in [-0.2, 0) is 0 Å². The van der Waals surface area contributed by atoms with Crippen LogP contribution in [0.1, 0.15) is 9.80 Å². The van der Waals surface area contributed by atoms with E-state index < -0.39 is 5.97 Å². The molecule has 0 atom stereocenters. The number of ether oxygens (including phenoxy) is 1. The van der Waals surface area contributed by atoms with Crippen LogP contribution in [0, 0.1) is 0 Å². The zero-order valence-electron chi connectivity index (χ0n) is 7.65. The zero-order chi connectivity index (χ0) is 11.0. The fraction of sp³-hybridized carbons (Fsp3) is 0.111. The Morgan fingerprint density at radius 3 is 2.81 bits per heavy atom. The number of hydrogen-bond donors (Lipinski definition) is 1. The van der Waals surface area contributed by atoms with Crippen LogP contribution >= 0.6 is 27.3 Å². The Bertz CT molecular complexity index is 543. The molecule has 0 fully saturated rings. The van der Waals surface area contributed by atoms with Crippen molar-refractivity contribution in [2.45, 2.75) is 0 Å². The number of rotatable bonds is 2. The Morgan fingerprint density at radius 2 is 2.25 bits per heavy atom. The number of hydrogen-bond acceptors (Lipinski definition) is 4. The summed E-state index contributed by atoms with van der Waals surface area (Å²) in [5.41, 5.74) is 0.657. The van der Waals surface area contributed by atoms with Crippen LogP contribution in [0.2, 0.25) is 0 Å². The van der Waals surface area contributed by atoms with Crippen molar-refractivity contribution in [3.8, 4) is 5.75 Å². The van der Waals surface area contributed by atoms with E-state index in [-0.39, 0.29) is 56.4 Å². The third-order valence-corrected chi connectivity index (χ3v) is 3.99. The van der Waals surface area contributed by atoms with E-state index in [0.29, 0.717) is 11.3 Å². The normalized spacial score (nSPS) is 9.88. The molecule has 2 rings (SSSR count). The number of aromatic nitrogens is 1. The van der Waals surface area contributed by atoms with Crippen LogP contribution < -0.4 is 4.74 Å². The fourth-order valence-electron chi connectivity index (χ4n) is 1.19. The molecule has 0 unspecified atom stereocenters. The summed E-state index contributed by atoms with van der Waals surface area (Å²) >= 11 is 4.48. The first kappa shape index (κ1) is 14.6. The predicted molar refractivity (Wildman–Crippen MR) is 68.0 cm³/mol. The van der Waals surface area contributed by atoms with Gasteiger partial charge in [0.25, 0.3) is 0 Å². The molecule has 7 heteroatoms. The number of carboxylic acid groups (broad SMARTS) is 1. The van der Waals surface area contributed by atoms with Gasteiger partial charge in [0.05, 0.1) is 21.8 Å². The maximum atomic E-state index is 10.7. The first-order chi connectivity index (χ1) is 7.13. The molecule has 0 aliphatic rings. The Labute approximate surface area is 147 Å². The Balaban J connectivity index is 0.00000128. The standard InChI is InChI=1S/C9H6BrNO3S.K.H/c1-14-5-3-2-4-7(6(5)10)15-8(11-4)9(12)13;;/h2-3H,1H3,(H,12,13);;. The molecule has 0 aliphatic heterocycles. The van der Waals surface area contributed by atoms with E-state index in [1.165, 1.54) is 0 Å². The van der Waals surface area contributed by atoms with Crippen molar-refractivity contribution in [1.82, 2.24) is 4.98 Å². The monoisotopic (exact) mass is 327 g/mol. The molecule has 0 aliphatic carbocycles. The topological polar surface area (TPSA) is 59.4 Å². The van der Waals surface area contributed by atoms with Gasteiger partial charge in [0, 0.05) is 0 Å². The van der Waals surface area contributed by atoms with Gasteiger partial charge in [0.2, 0.25) is 5.01 Å². The Morgan fingerprint density at radius 1 is 1.56 bits per heavy atom. The van der Waals surface area contributed by atoms with Crippen molar-refractivity contribution in [1.29, 1.82) is 0 Å². The molecule has 0 saturated carbocycles. The minimum absolute atomic E-state index is 0. The van der Waals surface area contributed by atoms with Gasteiger partial charge < -0.3 is 9.84 Å². The van der Waals surface area contributed by atoms with E-state index in [9.17, 15) is 4.79 Å². The molecule has 0 saturated heterocycles. The summed E-state index contributed by atoms with van der Waals surface area (Å²) in [6.45, 7) is 0. The molecule has 1 N–H and O–H groups in total. The molecule has 0 bridgehead atoms. The van der Waals surface area contributed by atoms with E-state index in [1.54, 1.807) is 19.2 Å². The van der Waals surface area contributed by atoms with Gasteiger partial charge in [-0.15, -0.1) is 11.3 Å². The second-order valence-corrected chi connectivity index (χ2v) is 4.55. The molecule has 0 spiro atoms. The molecule has 1 aromatic heterocycles. The Kier molecular flexibility index (Phi) is 5.37. The minimum atomic E-state index is -1.01. The van der Waals surface area contributed by atoms with Gasteiger partial charge in [-0.3, -0.25) is 0 Å². The number of halogens is 1. The van der Waals surface area contributed by atoms with Gasteiger partial charge in [0.1, 0.15) is 5.75 Å². The maximum absolute atomic E-state index is 10.7. The van der Waals surface area contributed by atoms with Crippen LogP contribution in [0.25, 0.3) is 10.2 Å². The van der Waals surface area contributed by atoms with Crippen LogP contribution in [0.3, 0.4) is 0 Å². The van der Waals surface area contributed by atoms with Crippen molar-refractivity contribution in [2.24, 2.45) is 0 Å². The number of thiazole rings is 1. The van der Waals surface area contributed by atoms with Gasteiger partial charge in [-0.25, -0.2) is 9.78 Å². The van der Waals surface area contributed by atoms with E-state index in [4.69, 9.17) is 9.84 Å². The van der Waals surface area contributed by atoms with Gasteiger partial charge in [-0.05, 0) is 28.1 Å². The molecule has 4 nitrogen and oxygen atoms in total. The summed E-state index contributed by atoms with van der Waals surface area (Å²) < 4.78 is 6.63. The van der Waals surface area contributed by atoms with Crippen LogP contribution in [0.5, 0.6) is 5.75 Å². The number of nitrogens with zero attached hydrogens (tertiary/aromatic N) is 1. The fourth-order valence-corrected chi connectivity index (χ4v) is 2.76. The third-order valence-electron chi connectivity index (χ3n) is 1.86. The second-order valence-electron chi connectivity index (χ2n) is 2.75. The van der Waals surface area contributed by atoms with Crippen LogP contribution in [0.4, 0.5) is 0 Å². The molecule has 1 aromatic carbocycles.